The van der Waals surface area contributed by atoms with Crippen molar-refractivity contribution >= 4 is 27.5 Å². The lowest BCUT2D eigenvalue weighted by Crippen LogP contribution is -2.37. The van der Waals surface area contributed by atoms with E-state index in [9.17, 15) is 13.2 Å². The normalized spacial score (nSPS) is 14.9. The van der Waals surface area contributed by atoms with Gasteiger partial charge < -0.3 is 10.5 Å². The van der Waals surface area contributed by atoms with Crippen LogP contribution in [0.2, 0.25) is 0 Å². The summed E-state index contributed by atoms with van der Waals surface area (Å²) in [5.41, 5.74) is 5.20. The molecule has 4 aromatic rings. The number of alkyl halides is 3. The van der Waals surface area contributed by atoms with E-state index in [1.54, 1.807) is 0 Å². The van der Waals surface area contributed by atoms with E-state index >= 15 is 0 Å². The van der Waals surface area contributed by atoms with Gasteiger partial charge in [0.25, 0.3) is 0 Å². The maximum absolute atomic E-state index is 10.7. The molecule has 2 heterocycles. The lowest BCUT2D eigenvalue weighted by atomic mass is 10.0. The van der Waals surface area contributed by atoms with Crippen LogP contribution in [0.15, 0.2) is 79.1 Å². The van der Waals surface area contributed by atoms with Crippen LogP contribution in [0.4, 0.5) is 13.2 Å². The predicted octanol–water partition coefficient (Wildman–Crippen LogP) is 5.47. The Morgan fingerprint density at radius 3 is 2.31 bits per heavy atom. The molecule has 1 aliphatic rings. The van der Waals surface area contributed by atoms with E-state index in [0.29, 0.717) is 6.10 Å². The molecule has 2 N–H and O–H groups in total. The fraction of sp³-hybridized carbons (Fsp3) is 0.259. The molecule has 1 amide bonds. The van der Waals surface area contributed by atoms with Crippen LogP contribution >= 0.6 is 0 Å². The maximum Gasteiger partial charge on any atom is 0.470 e. The summed E-state index contributed by atoms with van der Waals surface area (Å²) in [6.07, 6.45) is 1.30. The van der Waals surface area contributed by atoms with E-state index < -0.39 is 12.1 Å². The van der Waals surface area contributed by atoms with Crippen LogP contribution in [0.25, 0.3) is 21.5 Å². The SMILES string of the molecule is NC(=O)C(F)(F)F.c1ccc2cc(CN3CCC(Oc4ccc5cnccc5c4)CC3)ccc2c1. The number of carbonyl (C=O) groups excluding carboxylic acids is 1. The van der Waals surface area contributed by atoms with Crippen LogP contribution in [0.5, 0.6) is 5.75 Å². The smallest absolute Gasteiger partial charge is 0.470 e. The monoisotopic (exact) mass is 481 g/mol. The first kappa shape index (κ1) is 24.5. The minimum absolute atomic E-state index is 0.298. The van der Waals surface area contributed by atoms with Gasteiger partial charge in [0.2, 0.25) is 0 Å². The minimum atomic E-state index is -4.86. The standard InChI is InChI=1S/C25H24N2O.C2H2F3NO/c1-2-4-21-15-19(5-6-20(21)3-1)18-27-13-10-24(11-14-27)28-25-8-7-23-17-26-12-9-22(23)16-25;3-2(4,5)1(6)7/h1-9,12,15-17,24H,10-11,13-14,18H2;(H2,6,7). The Morgan fingerprint density at radius 1 is 0.943 bits per heavy atom. The van der Waals surface area contributed by atoms with Crippen molar-refractivity contribution in [3.8, 4) is 5.75 Å². The number of primary amides is 1. The van der Waals surface area contributed by atoms with Crippen molar-refractivity contribution in [1.29, 1.82) is 0 Å². The molecule has 0 aliphatic carbocycles. The summed E-state index contributed by atoms with van der Waals surface area (Å²) in [6, 6.07) is 23.7. The Labute approximate surface area is 201 Å². The summed E-state index contributed by atoms with van der Waals surface area (Å²) in [5, 5.41) is 4.97. The largest absolute Gasteiger partial charge is 0.490 e. The van der Waals surface area contributed by atoms with Crippen molar-refractivity contribution in [2.75, 3.05) is 13.1 Å². The zero-order chi connectivity index (χ0) is 24.8. The van der Waals surface area contributed by atoms with Gasteiger partial charge in [-0.25, -0.2) is 0 Å². The molecule has 5 rings (SSSR count). The number of likely N-dealkylation sites (tertiary alicyclic amines) is 1. The summed E-state index contributed by atoms with van der Waals surface area (Å²) in [6.45, 7) is 3.17. The molecule has 1 fully saturated rings. The lowest BCUT2D eigenvalue weighted by molar-refractivity contribution is -0.169. The van der Waals surface area contributed by atoms with Gasteiger partial charge in [0.1, 0.15) is 11.9 Å². The molecule has 1 aliphatic heterocycles. The number of carbonyl (C=O) groups is 1. The Hall–Kier alpha value is -3.65. The number of benzene rings is 3. The van der Waals surface area contributed by atoms with Gasteiger partial charge in [-0.15, -0.1) is 0 Å². The molecule has 5 nitrogen and oxygen atoms in total. The highest BCUT2D eigenvalue weighted by molar-refractivity contribution is 5.83. The van der Waals surface area contributed by atoms with Crippen molar-refractivity contribution in [2.45, 2.75) is 31.7 Å². The van der Waals surface area contributed by atoms with Crippen molar-refractivity contribution in [1.82, 2.24) is 9.88 Å². The molecule has 0 radical (unpaired) electrons. The molecule has 3 aromatic carbocycles. The number of rotatable bonds is 4. The fourth-order valence-corrected chi connectivity index (χ4v) is 4.11. The van der Waals surface area contributed by atoms with Crippen LogP contribution in [0.1, 0.15) is 18.4 Å². The molecule has 8 heteroatoms. The summed E-state index contributed by atoms with van der Waals surface area (Å²) in [5.74, 6) is -1.29. The van der Waals surface area contributed by atoms with Gasteiger partial charge in [-0.2, -0.15) is 13.2 Å². The van der Waals surface area contributed by atoms with E-state index in [1.165, 1.54) is 21.7 Å². The number of nitrogens with two attached hydrogens (primary N) is 1. The van der Waals surface area contributed by atoms with Crippen molar-refractivity contribution in [2.24, 2.45) is 5.73 Å². The third kappa shape index (κ3) is 6.70. The number of fused-ring (bicyclic) bond motifs is 2. The summed E-state index contributed by atoms with van der Waals surface area (Å²) >= 11 is 0. The number of nitrogens with zero attached hydrogens (tertiary/aromatic N) is 2. The number of piperidine rings is 1. The molecule has 1 aromatic heterocycles. The average molecular weight is 482 g/mol. The first-order chi connectivity index (χ1) is 16.8. The number of ether oxygens (including phenoxy) is 1. The van der Waals surface area contributed by atoms with Crippen LogP contribution in [-0.4, -0.2) is 41.2 Å². The molecule has 182 valence electrons. The Morgan fingerprint density at radius 2 is 1.60 bits per heavy atom. The molecule has 1 saturated heterocycles. The third-order valence-corrected chi connectivity index (χ3v) is 5.95. The summed E-state index contributed by atoms with van der Waals surface area (Å²) < 4.78 is 38.4. The Balaban J connectivity index is 0.000000364. The van der Waals surface area contributed by atoms with Crippen molar-refractivity contribution in [3.05, 3.63) is 84.7 Å². The first-order valence-corrected chi connectivity index (χ1v) is 11.3. The van der Waals surface area contributed by atoms with Gasteiger partial charge in [0, 0.05) is 37.4 Å². The lowest BCUT2D eigenvalue weighted by Gasteiger charge is -2.32. The van der Waals surface area contributed by atoms with Crippen LogP contribution < -0.4 is 10.5 Å². The second-order valence-electron chi connectivity index (χ2n) is 8.52. The van der Waals surface area contributed by atoms with Gasteiger partial charge in [0.15, 0.2) is 0 Å². The quantitative estimate of drug-likeness (QED) is 0.420. The Kier molecular flexibility index (Phi) is 7.51. The van der Waals surface area contributed by atoms with Crippen LogP contribution in [0, 0.1) is 0 Å². The van der Waals surface area contributed by atoms with E-state index in [4.69, 9.17) is 9.53 Å². The van der Waals surface area contributed by atoms with Crippen molar-refractivity contribution in [3.63, 3.8) is 0 Å². The number of hydrogen-bond donors (Lipinski definition) is 1. The molecular formula is C27H26F3N3O2. The molecule has 0 unspecified atom stereocenters. The average Bonchev–Trinajstić information content (AvgIpc) is 2.85. The van der Waals surface area contributed by atoms with Crippen molar-refractivity contribution < 1.29 is 22.7 Å². The van der Waals surface area contributed by atoms with Gasteiger partial charge in [-0.1, -0.05) is 36.4 Å². The molecule has 0 bridgehead atoms. The topological polar surface area (TPSA) is 68.5 Å². The third-order valence-electron chi connectivity index (χ3n) is 5.95. The number of aromatic nitrogens is 1. The highest BCUT2D eigenvalue weighted by atomic mass is 19.4. The summed E-state index contributed by atoms with van der Waals surface area (Å²) in [7, 11) is 0. The van der Waals surface area contributed by atoms with Crippen LogP contribution in [0.3, 0.4) is 0 Å². The number of hydrogen-bond acceptors (Lipinski definition) is 4. The maximum atomic E-state index is 10.7. The summed E-state index contributed by atoms with van der Waals surface area (Å²) in [4.78, 5) is 15.8. The van der Waals surface area contributed by atoms with Gasteiger partial charge in [-0.05, 0) is 64.9 Å². The van der Waals surface area contributed by atoms with E-state index in [-0.39, 0.29) is 0 Å². The predicted molar refractivity (Wildman–Crippen MR) is 130 cm³/mol. The fourth-order valence-electron chi connectivity index (χ4n) is 4.11. The van der Waals surface area contributed by atoms with Crippen LogP contribution in [-0.2, 0) is 11.3 Å². The number of halogens is 3. The zero-order valence-electron chi connectivity index (χ0n) is 19.0. The number of amides is 1. The highest BCUT2D eigenvalue weighted by Crippen LogP contribution is 2.24. The highest BCUT2D eigenvalue weighted by Gasteiger charge is 2.35. The molecule has 0 spiro atoms. The second-order valence-corrected chi connectivity index (χ2v) is 8.52. The Bertz CT molecular complexity index is 1210. The van der Waals surface area contributed by atoms with E-state index in [1.807, 2.05) is 18.5 Å². The minimum Gasteiger partial charge on any atom is -0.490 e. The van der Waals surface area contributed by atoms with Gasteiger partial charge >= 0.3 is 12.1 Å². The van der Waals surface area contributed by atoms with Gasteiger partial charge in [-0.3, -0.25) is 14.7 Å². The molecule has 35 heavy (non-hydrogen) atoms. The number of pyridine rings is 1. The molecular weight excluding hydrogens is 455 g/mol. The van der Waals surface area contributed by atoms with E-state index in [2.05, 4.69) is 76.3 Å². The van der Waals surface area contributed by atoms with Gasteiger partial charge in [0.05, 0.1) is 0 Å². The first-order valence-electron chi connectivity index (χ1n) is 11.3. The molecule has 0 atom stereocenters. The van der Waals surface area contributed by atoms with E-state index in [0.717, 1.165) is 43.6 Å². The molecule has 0 saturated carbocycles. The zero-order valence-corrected chi connectivity index (χ0v) is 19.0. The second kappa shape index (κ2) is 10.7.